The number of hydrogen-bond donors (Lipinski definition) is 1. The van der Waals surface area contributed by atoms with Gasteiger partial charge in [0.15, 0.2) is 0 Å². The van der Waals surface area contributed by atoms with Gasteiger partial charge in [0.05, 0.1) is 6.42 Å². The third-order valence-corrected chi connectivity index (χ3v) is 1.73. The molecule has 0 radical (unpaired) electrons. The van der Waals surface area contributed by atoms with Crippen LogP contribution in [0, 0.1) is 4.91 Å². The summed E-state index contributed by atoms with van der Waals surface area (Å²) < 4.78 is 0.248. The number of benzene rings is 1. The van der Waals surface area contributed by atoms with Gasteiger partial charge in [-0.2, -0.15) is 0 Å². The zero-order valence-electron chi connectivity index (χ0n) is 6.64. The summed E-state index contributed by atoms with van der Waals surface area (Å²) in [4.78, 5) is 21.2. The quantitative estimate of drug-likeness (QED) is 0.584. The molecule has 0 fully saturated rings. The minimum Gasteiger partial charge on any atom is -0.481 e. The molecule has 0 unspecified atom stereocenters. The smallest absolute Gasteiger partial charge is 0.308 e. The highest BCUT2D eigenvalue weighted by atomic mass is 32.1. The Balaban J connectivity index is 3.04. The lowest BCUT2D eigenvalue weighted by Gasteiger charge is -2.00. The number of carboxylic acids is 1. The number of carbonyl (C=O) groups is 1. The summed E-state index contributed by atoms with van der Waals surface area (Å²) in [5, 5.41) is 8.52. The number of aliphatic carboxylic acids is 1. The molecule has 5 heteroatoms. The van der Waals surface area contributed by atoms with E-state index in [4.69, 9.17) is 5.11 Å². The first-order valence-electron chi connectivity index (χ1n) is 3.55. The lowest BCUT2D eigenvalue weighted by atomic mass is 10.1. The van der Waals surface area contributed by atoms with Crippen LogP contribution in [-0.2, 0) is 24.0 Å². The number of nitroso groups, excluding NO2 is 1. The monoisotopic (exact) mass is 197 g/mol. The van der Waals surface area contributed by atoms with E-state index in [0.29, 0.717) is 5.56 Å². The first-order chi connectivity index (χ1) is 6.11. The van der Waals surface area contributed by atoms with E-state index < -0.39 is 5.97 Å². The van der Waals surface area contributed by atoms with Crippen molar-refractivity contribution in [3.8, 4) is 0 Å². The lowest BCUT2D eigenvalue weighted by molar-refractivity contribution is -0.263. The first kappa shape index (κ1) is 9.60. The fourth-order valence-corrected chi connectivity index (χ4v) is 1.18. The van der Waals surface area contributed by atoms with Crippen LogP contribution >= 0.6 is 0 Å². The molecule has 68 valence electrons. The zero-order valence-corrected chi connectivity index (χ0v) is 7.45. The molecule has 0 aliphatic rings. The summed E-state index contributed by atoms with van der Waals surface area (Å²) in [5.74, 6) is -0.982. The average molecular weight is 197 g/mol. The predicted octanol–water partition coefficient (Wildman–Crippen LogP) is 1.19. The highest BCUT2D eigenvalue weighted by Gasteiger charge is 2.12. The van der Waals surface area contributed by atoms with Crippen LogP contribution in [0.4, 0.5) is 5.69 Å². The zero-order chi connectivity index (χ0) is 9.84. The normalized spacial score (nSPS) is 9.54. The SMILES string of the molecule is O=C(O)Cc1ccccc1[N+](=O)[S-]. The molecule has 0 aliphatic carbocycles. The summed E-state index contributed by atoms with van der Waals surface area (Å²) in [6.07, 6.45) is -0.189. The summed E-state index contributed by atoms with van der Waals surface area (Å²) in [6, 6.07) is 6.37. The second-order valence-corrected chi connectivity index (χ2v) is 2.79. The van der Waals surface area contributed by atoms with Crippen molar-refractivity contribution in [3.05, 3.63) is 34.7 Å². The van der Waals surface area contributed by atoms with Crippen LogP contribution in [0.2, 0.25) is 0 Å². The van der Waals surface area contributed by atoms with Crippen molar-refractivity contribution in [1.82, 2.24) is 0 Å². The molecule has 0 heterocycles. The first-order valence-corrected chi connectivity index (χ1v) is 3.92. The highest BCUT2D eigenvalue weighted by Crippen LogP contribution is 2.17. The Morgan fingerprint density at radius 3 is 2.62 bits per heavy atom. The highest BCUT2D eigenvalue weighted by molar-refractivity contribution is 7.51. The molecule has 4 nitrogen and oxygen atoms in total. The molecule has 1 rings (SSSR count). The maximum absolute atomic E-state index is 10.8. The number of para-hydroxylation sites is 1. The van der Waals surface area contributed by atoms with Crippen molar-refractivity contribution in [2.45, 2.75) is 6.42 Å². The minimum absolute atomic E-state index is 0.189. The van der Waals surface area contributed by atoms with E-state index in [1.807, 2.05) is 0 Å². The Morgan fingerprint density at radius 2 is 2.08 bits per heavy atom. The van der Waals surface area contributed by atoms with Crippen LogP contribution in [0.3, 0.4) is 0 Å². The second-order valence-electron chi connectivity index (χ2n) is 2.46. The Morgan fingerprint density at radius 1 is 1.46 bits per heavy atom. The fraction of sp³-hybridized carbons (Fsp3) is 0.125. The molecule has 0 atom stereocenters. The molecule has 13 heavy (non-hydrogen) atoms. The third kappa shape index (κ3) is 2.48. The van der Waals surface area contributed by atoms with E-state index in [1.165, 1.54) is 6.07 Å². The molecule has 0 bridgehead atoms. The molecule has 0 amide bonds. The van der Waals surface area contributed by atoms with Gasteiger partial charge in [-0.1, -0.05) is 22.4 Å². The predicted molar refractivity (Wildman–Crippen MR) is 48.4 cm³/mol. The molecule has 0 aromatic heterocycles. The molecule has 0 spiro atoms. The molecule has 0 saturated heterocycles. The fourth-order valence-electron chi connectivity index (χ4n) is 1.00. The van der Waals surface area contributed by atoms with Gasteiger partial charge < -0.3 is 17.9 Å². The maximum Gasteiger partial charge on any atom is 0.308 e. The Labute approximate surface area is 80.3 Å². The van der Waals surface area contributed by atoms with Crippen LogP contribution in [0.5, 0.6) is 0 Å². The van der Waals surface area contributed by atoms with Crippen molar-refractivity contribution < 1.29 is 14.1 Å². The molecular formula is C8H7NO3S. The van der Waals surface area contributed by atoms with Crippen molar-refractivity contribution in [1.29, 1.82) is 0 Å². The van der Waals surface area contributed by atoms with Crippen LogP contribution in [0.1, 0.15) is 5.56 Å². The van der Waals surface area contributed by atoms with Gasteiger partial charge in [0.1, 0.15) is 0 Å². The van der Waals surface area contributed by atoms with Gasteiger partial charge in [0, 0.05) is 16.5 Å². The second kappa shape index (κ2) is 3.95. The van der Waals surface area contributed by atoms with Crippen molar-refractivity contribution in [2.24, 2.45) is 0 Å². The van der Waals surface area contributed by atoms with E-state index in [-0.39, 0.29) is 16.3 Å². The lowest BCUT2D eigenvalue weighted by Crippen LogP contribution is -2.03. The van der Waals surface area contributed by atoms with E-state index in [9.17, 15) is 9.70 Å². The Kier molecular flexibility index (Phi) is 2.92. The number of rotatable bonds is 3. The van der Waals surface area contributed by atoms with Crippen LogP contribution < -0.4 is 0 Å². The molecule has 1 aromatic carbocycles. The van der Waals surface area contributed by atoms with Gasteiger partial charge in [-0.15, -0.1) is 0 Å². The number of hydrogen-bond acceptors (Lipinski definition) is 3. The van der Waals surface area contributed by atoms with E-state index in [1.54, 1.807) is 18.2 Å². The average Bonchev–Trinajstić information content (AvgIpc) is 2.03. The van der Waals surface area contributed by atoms with Crippen molar-refractivity contribution in [2.75, 3.05) is 0 Å². The van der Waals surface area contributed by atoms with Crippen molar-refractivity contribution in [3.63, 3.8) is 0 Å². The molecular weight excluding hydrogens is 190 g/mol. The summed E-state index contributed by atoms with van der Waals surface area (Å²) in [7, 11) is 0. The third-order valence-electron chi connectivity index (χ3n) is 1.53. The van der Waals surface area contributed by atoms with E-state index in [2.05, 4.69) is 12.8 Å². The standard InChI is InChI=1S/C8H7NO3S/c10-8(11)5-6-3-1-2-4-7(6)9(12)13/h1-4H,5H2,(H,10,11). The molecule has 0 aliphatic heterocycles. The van der Waals surface area contributed by atoms with Crippen LogP contribution in [0.25, 0.3) is 0 Å². The molecule has 1 N–H and O–H groups in total. The van der Waals surface area contributed by atoms with Crippen LogP contribution in [-0.4, -0.2) is 15.2 Å². The Bertz CT molecular complexity index is 351. The summed E-state index contributed by atoms with van der Waals surface area (Å²) in [6.45, 7) is 0. The van der Waals surface area contributed by atoms with E-state index in [0.717, 1.165) is 0 Å². The maximum atomic E-state index is 10.8. The van der Waals surface area contributed by atoms with Crippen molar-refractivity contribution >= 4 is 24.5 Å². The van der Waals surface area contributed by atoms with Gasteiger partial charge in [0.25, 0.3) is 0 Å². The number of carboxylic acid groups (broad SMARTS) is 1. The van der Waals surface area contributed by atoms with E-state index >= 15 is 0 Å². The van der Waals surface area contributed by atoms with Gasteiger partial charge in [-0.05, 0) is 0 Å². The van der Waals surface area contributed by atoms with Gasteiger partial charge in [-0.3, -0.25) is 4.79 Å². The van der Waals surface area contributed by atoms with Gasteiger partial charge >= 0.3 is 5.97 Å². The van der Waals surface area contributed by atoms with Gasteiger partial charge in [0.2, 0.25) is 5.69 Å². The summed E-state index contributed by atoms with van der Waals surface area (Å²) in [5.41, 5.74) is 0.653. The minimum atomic E-state index is -0.982. The topological polar surface area (TPSA) is 57.4 Å². The number of nitrogens with zero attached hydrogens (tertiary/aromatic N) is 1. The van der Waals surface area contributed by atoms with Crippen LogP contribution in [0.15, 0.2) is 24.3 Å². The summed E-state index contributed by atoms with van der Waals surface area (Å²) >= 11 is 4.37. The Hall–Kier alpha value is -1.49. The molecule has 1 aromatic rings. The van der Waals surface area contributed by atoms with Gasteiger partial charge in [-0.25, -0.2) is 0 Å². The molecule has 0 saturated carbocycles. The largest absolute Gasteiger partial charge is 0.481 e.